The molecule has 117 valence electrons. The van der Waals surface area contributed by atoms with Gasteiger partial charge in [-0.2, -0.15) is 18.3 Å². The number of hydrogen-bond donors (Lipinski definition) is 1. The molecule has 0 aliphatic carbocycles. The fourth-order valence-electron chi connectivity index (χ4n) is 2.25. The van der Waals surface area contributed by atoms with Crippen molar-refractivity contribution in [2.45, 2.75) is 6.18 Å². The SMILES string of the molecule is [NH]C(=O)c1c(O)cc(-c2cccc(C(F)(F)F)c2)c2ncnn12. The number of benzene rings is 1. The Hall–Kier alpha value is -3.10. The van der Waals surface area contributed by atoms with E-state index >= 15 is 0 Å². The first-order valence-electron chi connectivity index (χ1n) is 6.28. The number of hydrogen-bond acceptors (Lipinski definition) is 4. The van der Waals surface area contributed by atoms with Crippen molar-refractivity contribution in [2.24, 2.45) is 0 Å². The molecule has 0 saturated heterocycles. The second-order valence-electron chi connectivity index (χ2n) is 4.69. The Morgan fingerprint density at radius 1 is 1.26 bits per heavy atom. The van der Waals surface area contributed by atoms with E-state index < -0.39 is 29.1 Å². The van der Waals surface area contributed by atoms with E-state index in [4.69, 9.17) is 5.73 Å². The number of alkyl halides is 3. The second kappa shape index (κ2) is 4.97. The lowest BCUT2D eigenvalue weighted by molar-refractivity contribution is -0.137. The topological polar surface area (TPSA) is 91.3 Å². The minimum Gasteiger partial charge on any atom is -0.505 e. The van der Waals surface area contributed by atoms with Crippen molar-refractivity contribution in [1.82, 2.24) is 20.3 Å². The summed E-state index contributed by atoms with van der Waals surface area (Å²) in [5.74, 6) is -1.75. The molecule has 0 fully saturated rings. The van der Waals surface area contributed by atoms with Gasteiger partial charge in [-0.05, 0) is 23.8 Å². The number of halogens is 3. The van der Waals surface area contributed by atoms with Crippen molar-refractivity contribution in [3.63, 3.8) is 0 Å². The third-order valence-corrected chi connectivity index (χ3v) is 3.24. The average Bonchev–Trinajstić information content (AvgIpc) is 2.94. The Bertz CT molecular complexity index is 918. The molecular weight excluding hydrogens is 313 g/mol. The van der Waals surface area contributed by atoms with Crippen LogP contribution in [0.4, 0.5) is 13.2 Å². The molecule has 0 bridgehead atoms. The highest BCUT2D eigenvalue weighted by Gasteiger charge is 2.31. The van der Waals surface area contributed by atoms with E-state index in [1.165, 1.54) is 12.1 Å². The van der Waals surface area contributed by atoms with Crippen LogP contribution in [0.5, 0.6) is 5.75 Å². The Labute approximate surface area is 127 Å². The minimum atomic E-state index is -4.51. The Kier molecular flexibility index (Phi) is 3.20. The zero-order valence-electron chi connectivity index (χ0n) is 11.3. The average molecular weight is 321 g/mol. The van der Waals surface area contributed by atoms with Crippen LogP contribution < -0.4 is 5.73 Å². The van der Waals surface area contributed by atoms with Crippen LogP contribution in [0.1, 0.15) is 16.1 Å². The first kappa shape index (κ1) is 14.8. The van der Waals surface area contributed by atoms with Gasteiger partial charge in [0.05, 0.1) is 5.56 Å². The summed E-state index contributed by atoms with van der Waals surface area (Å²) in [5.41, 5.74) is 6.25. The number of nitrogens with zero attached hydrogens (tertiary/aromatic N) is 3. The van der Waals surface area contributed by atoms with Gasteiger partial charge in [-0.25, -0.2) is 9.50 Å². The molecule has 2 aromatic heterocycles. The number of carbonyl (C=O) groups excluding carboxylic acids is 1. The zero-order chi connectivity index (χ0) is 16.8. The molecule has 2 N–H and O–H groups in total. The number of amides is 1. The number of nitrogens with one attached hydrogen (secondary N) is 1. The first-order chi connectivity index (χ1) is 10.8. The molecule has 23 heavy (non-hydrogen) atoms. The fourth-order valence-corrected chi connectivity index (χ4v) is 2.25. The highest BCUT2D eigenvalue weighted by molar-refractivity contribution is 5.95. The lowest BCUT2D eigenvalue weighted by Crippen LogP contribution is -2.09. The molecule has 6 nitrogen and oxygen atoms in total. The Balaban J connectivity index is 2.28. The molecule has 1 radical (unpaired) electrons. The standard InChI is InChI=1S/C14H8F3N4O2/c15-14(16,17)8-3-1-2-7(4-8)9-5-10(22)11(12(18)23)21-13(9)19-6-20-21/h1-6,18,22H. The normalized spacial score (nSPS) is 11.8. The summed E-state index contributed by atoms with van der Waals surface area (Å²) in [4.78, 5) is 15.2. The monoisotopic (exact) mass is 321 g/mol. The fraction of sp³-hybridized carbons (Fsp3) is 0.0714. The molecule has 0 saturated carbocycles. The third-order valence-electron chi connectivity index (χ3n) is 3.24. The van der Waals surface area contributed by atoms with Crippen molar-refractivity contribution in [3.05, 3.63) is 47.9 Å². The Morgan fingerprint density at radius 3 is 2.65 bits per heavy atom. The van der Waals surface area contributed by atoms with E-state index in [-0.39, 0.29) is 16.8 Å². The maximum atomic E-state index is 12.8. The van der Waals surface area contributed by atoms with E-state index in [1.807, 2.05) is 0 Å². The number of carbonyl (C=O) groups is 1. The summed E-state index contributed by atoms with van der Waals surface area (Å²) in [6, 6.07) is 5.57. The molecule has 1 amide bonds. The van der Waals surface area contributed by atoms with Gasteiger partial charge in [0.1, 0.15) is 12.1 Å². The zero-order valence-corrected chi connectivity index (χ0v) is 11.3. The maximum Gasteiger partial charge on any atom is 0.416 e. The third kappa shape index (κ3) is 2.45. The van der Waals surface area contributed by atoms with Crippen LogP contribution in [-0.2, 0) is 6.18 Å². The van der Waals surface area contributed by atoms with E-state index in [0.717, 1.165) is 29.0 Å². The largest absolute Gasteiger partial charge is 0.505 e. The summed E-state index contributed by atoms with van der Waals surface area (Å²) in [5, 5.41) is 13.7. The molecule has 0 unspecified atom stereocenters. The highest BCUT2D eigenvalue weighted by atomic mass is 19.4. The van der Waals surface area contributed by atoms with Gasteiger partial charge in [0.2, 0.25) is 0 Å². The molecule has 2 heterocycles. The van der Waals surface area contributed by atoms with Crippen LogP contribution in [0.15, 0.2) is 36.7 Å². The molecular formula is C14H8F3N4O2. The molecule has 0 atom stereocenters. The van der Waals surface area contributed by atoms with E-state index in [9.17, 15) is 23.1 Å². The number of pyridine rings is 1. The predicted molar refractivity (Wildman–Crippen MR) is 72.5 cm³/mol. The van der Waals surface area contributed by atoms with Crippen LogP contribution >= 0.6 is 0 Å². The summed E-state index contributed by atoms with van der Waals surface area (Å²) in [7, 11) is 0. The van der Waals surface area contributed by atoms with E-state index in [0.29, 0.717) is 0 Å². The molecule has 1 aromatic carbocycles. The van der Waals surface area contributed by atoms with Crippen LogP contribution in [0.3, 0.4) is 0 Å². The van der Waals surface area contributed by atoms with Crippen LogP contribution in [0.2, 0.25) is 0 Å². The van der Waals surface area contributed by atoms with Crippen LogP contribution in [0.25, 0.3) is 16.8 Å². The maximum absolute atomic E-state index is 12.8. The molecule has 0 aliphatic heterocycles. The summed E-state index contributed by atoms with van der Waals surface area (Å²) >= 11 is 0. The van der Waals surface area contributed by atoms with Crippen molar-refractivity contribution < 1.29 is 23.1 Å². The Morgan fingerprint density at radius 2 is 2.00 bits per heavy atom. The lowest BCUT2D eigenvalue weighted by atomic mass is 10.0. The summed E-state index contributed by atoms with van der Waals surface area (Å²) < 4.78 is 39.4. The number of aromatic nitrogens is 3. The van der Waals surface area contributed by atoms with Gasteiger partial charge in [-0.15, -0.1) is 0 Å². The lowest BCUT2D eigenvalue weighted by Gasteiger charge is -2.11. The van der Waals surface area contributed by atoms with Crippen molar-refractivity contribution >= 4 is 11.6 Å². The number of rotatable bonds is 2. The summed E-state index contributed by atoms with van der Waals surface area (Å²) in [6.45, 7) is 0. The molecule has 3 rings (SSSR count). The quantitative estimate of drug-likeness (QED) is 0.785. The number of aromatic hydroxyl groups is 1. The molecule has 9 heteroatoms. The molecule has 0 spiro atoms. The highest BCUT2D eigenvalue weighted by Crippen LogP contribution is 2.35. The van der Waals surface area contributed by atoms with Gasteiger partial charge in [0, 0.05) is 5.56 Å². The van der Waals surface area contributed by atoms with Crippen molar-refractivity contribution in [3.8, 4) is 16.9 Å². The predicted octanol–water partition coefficient (Wildman–Crippen LogP) is 2.54. The van der Waals surface area contributed by atoms with E-state index in [1.54, 1.807) is 0 Å². The van der Waals surface area contributed by atoms with Crippen LogP contribution in [0, 0.1) is 0 Å². The van der Waals surface area contributed by atoms with Gasteiger partial charge < -0.3 is 5.11 Å². The van der Waals surface area contributed by atoms with Gasteiger partial charge in [0.25, 0.3) is 5.91 Å². The van der Waals surface area contributed by atoms with Gasteiger partial charge in [-0.1, -0.05) is 12.1 Å². The molecule has 0 aliphatic rings. The first-order valence-corrected chi connectivity index (χ1v) is 6.28. The van der Waals surface area contributed by atoms with Crippen LogP contribution in [-0.4, -0.2) is 25.6 Å². The van der Waals surface area contributed by atoms with Gasteiger partial charge >= 0.3 is 6.18 Å². The summed E-state index contributed by atoms with van der Waals surface area (Å²) in [6.07, 6.45) is -3.43. The second-order valence-corrected chi connectivity index (χ2v) is 4.69. The smallest absolute Gasteiger partial charge is 0.416 e. The van der Waals surface area contributed by atoms with Gasteiger partial charge in [-0.3, -0.25) is 10.5 Å². The molecule has 3 aromatic rings. The van der Waals surface area contributed by atoms with Gasteiger partial charge in [0.15, 0.2) is 11.3 Å². The van der Waals surface area contributed by atoms with E-state index in [2.05, 4.69) is 10.1 Å². The van der Waals surface area contributed by atoms with Crippen molar-refractivity contribution in [1.29, 1.82) is 0 Å². The number of fused-ring (bicyclic) bond motifs is 1. The minimum absolute atomic E-state index is 0.0673. The van der Waals surface area contributed by atoms with Crippen molar-refractivity contribution in [2.75, 3.05) is 0 Å².